The first kappa shape index (κ1) is 13.7. The lowest BCUT2D eigenvalue weighted by molar-refractivity contribution is 0.319. The van der Waals surface area contributed by atoms with Gasteiger partial charge in [0.2, 0.25) is 5.95 Å². The van der Waals surface area contributed by atoms with E-state index in [0.717, 1.165) is 23.3 Å². The van der Waals surface area contributed by atoms with Crippen LogP contribution in [0.15, 0.2) is 36.5 Å². The molecule has 2 heterocycles. The van der Waals surface area contributed by atoms with E-state index >= 15 is 0 Å². The monoisotopic (exact) mass is 302 g/mol. The molecule has 0 unspecified atom stereocenters. The molecule has 21 heavy (non-hydrogen) atoms. The van der Waals surface area contributed by atoms with E-state index < -0.39 is 0 Å². The zero-order valence-electron chi connectivity index (χ0n) is 11.6. The van der Waals surface area contributed by atoms with Crippen LogP contribution in [-0.2, 0) is 0 Å². The van der Waals surface area contributed by atoms with Crippen molar-refractivity contribution < 1.29 is 4.74 Å². The minimum Gasteiger partial charge on any atom is -0.493 e. The minimum absolute atomic E-state index is 0.237. The summed E-state index contributed by atoms with van der Waals surface area (Å²) in [7, 11) is 0. The third-order valence-electron chi connectivity index (χ3n) is 3.07. The Balaban J connectivity index is 2.19. The molecule has 2 aromatic heterocycles. The van der Waals surface area contributed by atoms with Gasteiger partial charge in [-0.25, -0.2) is 4.52 Å². The van der Waals surface area contributed by atoms with E-state index in [1.54, 1.807) is 10.7 Å². The largest absolute Gasteiger partial charge is 0.493 e. The van der Waals surface area contributed by atoms with Gasteiger partial charge in [0.1, 0.15) is 5.75 Å². The maximum atomic E-state index is 6.13. The lowest BCUT2D eigenvalue weighted by atomic mass is 10.1. The Kier molecular flexibility index (Phi) is 3.66. The number of aromatic nitrogens is 3. The number of fused-ring (bicyclic) bond motifs is 1. The quantitative estimate of drug-likeness (QED) is 0.802. The van der Waals surface area contributed by atoms with Crippen molar-refractivity contribution in [3.8, 4) is 16.9 Å². The number of halogens is 1. The predicted octanol–water partition coefficient (Wildman–Crippen LogP) is 3.42. The van der Waals surface area contributed by atoms with Crippen LogP contribution < -0.4 is 10.5 Å². The maximum Gasteiger partial charge on any atom is 0.240 e. The molecule has 108 valence electrons. The van der Waals surface area contributed by atoms with E-state index in [1.165, 1.54) is 0 Å². The average molecular weight is 303 g/mol. The van der Waals surface area contributed by atoms with Gasteiger partial charge in [0.25, 0.3) is 0 Å². The summed E-state index contributed by atoms with van der Waals surface area (Å²) in [5.74, 6) is 1.01. The number of hydrogen-bond donors (Lipinski definition) is 1. The Bertz CT molecular complexity index is 784. The van der Waals surface area contributed by atoms with Crippen molar-refractivity contribution in [3.63, 3.8) is 0 Å². The number of nitrogens with two attached hydrogens (primary N) is 1. The van der Waals surface area contributed by atoms with Crippen molar-refractivity contribution >= 4 is 23.2 Å². The minimum atomic E-state index is 0.237. The molecule has 0 aliphatic rings. The van der Waals surface area contributed by atoms with Crippen LogP contribution in [0.3, 0.4) is 0 Å². The second-order valence-corrected chi connectivity index (χ2v) is 5.09. The predicted molar refractivity (Wildman–Crippen MR) is 83.6 cm³/mol. The summed E-state index contributed by atoms with van der Waals surface area (Å²) in [6.45, 7) is 2.71. The number of anilines is 1. The normalized spacial score (nSPS) is 11.0. The summed E-state index contributed by atoms with van der Waals surface area (Å²) in [6, 6.07) is 9.40. The molecule has 0 radical (unpaired) electrons. The van der Waals surface area contributed by atoms with Gasteiger partial charge in [-0.15, -0.1) is 5.10 Å². The van der Waals surface area contributed by atoms with Crippen LogP contribution in [0.1, 0.15) is 13.3 Å². The molecule has 6 heteroatoms. The molecule has 1 aromatic carbocycles. The van der Waals surface area contributed by atoms with Gasteiger partial charge in [0, 0.05) is 22.3 Å². The van der Waals surface area contributed by atoms with Crippen molar-refractivity contribution in [2.45, 2.75) is 13.3 Å². The summed E-state index contributed by atoms with van der Waals surface area (Å²) in [5, 5.41) is 4.77. The standard InChI is InChI=1S/C15H15ClN4O/c1-2-8-21-13-6-5-10(16)9-12(13)11-4-3-7-20-14(11)18-15(17)19-20/h3-7,9H,2,8H2,1H3,(H2,17,19). The molecule has 0 saturated carbocycles. The number of pyridine rings is 1. The van der Waals surface area contributed by atoms with E-state index in [-0.39, 0.29) is 5.95 Å². The number of nitrogen functional groups attached to an aromatic ring is 1. The second-order valence-electron chi connectivity index (χ2n) is 4.65. The van der Waals surface area contributed by atoms with E-state index in [4.69, 9.17) is 22.1 Å². The fraction of sp³-hybridized carbons (Fsp3) is 0.200. The molecule has 0 aliphatic carbocycles. The van der Waals surface area contributed by atoms with Gasteiger partial charge in [-0.3, -0.25) is 0 Å². The molecule has 0 aliphatic heterocycles. The molecular weight excluding hydrogens is 288 g/mol. The number of nitrogens with zero attached hydrogens (tertiary/aromatic N) is 3. The van der Waals surface area contributed by atoms with Crippen molar-refractivity contribution in [1.29, 1.82) is 0 Å². The molecule has 3 rings (SSSR count). The van der Waals surface area contributed by atoms with E-state index in [0.29, 0.717) is 17.3 Å². The third kappa shape index (κ3) is 2.64. The first-order valence-corrected chi connectivity index (χ1v) is 7.10. The van der Waals surface area contributed by atoms with E-state index in [2.05, 4.69) is 17.0 Å². The van der Waals surface area contributed by atoms with Crippen LogP contribution in [0, 0.1) is 0 Å². The van der Waals surface area contributed by atoms with E-state index in [1.807, 2.05) is 30.3 Å². The molecule has 0 amide bonds. The molecule has 0 atom stereocenters. The molecule has 0 bridgehead atoms. The highest BCUT2D eigenvalue weighted by Gasteiger charge is 2.13. The van der Waals surface area contributed by atoms with Crippen molar-refractivity contribution in [3.05, 3.63) is 41.6 Å². The Hall–Kier alpha value is -2.27. The topological polar surface area (TPSA) is 65.4 Å². The smallest absolute Gasteiger partial charge is 0.240 e. The second kappa shape index (κ2) is 5.61. The number of rotatable bonds is 4. The first-order chi connectivity index (χ1) is 10.2. The summed E-state index contributed by atoms with van der Waals surface area (Å²) in [5.41, 5.74) is 8.13. The van der Waals surface area contributed by atoms with Crippen molar-refractivity contribution in [1.82, 2.24) is 14.6 Å². The molecule has 2 N–H and O–H groups in total. The molecule has 0 saturated heterocycles. The van der Waals surface area contributed by atoms with Crippen LogP contribution in [0.4, 0.5) is 5.95 Å². The van der Waals surface area contributed by atoms with Gasteiger partial charge in [-0.2, -0.15) is 4.98 Å². The zero-order valence-corrected chi connectivity index (χ0v) is 12.3. The number of hydrogen-bond acceptors (Lipinski definition) is 4. The van der Waals surface area contributed by atoms with Crippen LogP contribution in [0.5, 0.6) is 5.75 Å². The molecule has 0 spiro atoms. The van der Waals surface area contributed by atoms with Crippen LogP contribution in [0.2, 0.25) is 5.02 Å². The summed E-state index contributed by atoms with van der Waals surface area (Å²) in [6.07, 6.45) is 2.74. The van der Waals surface area contributed by atoms with Crippen LogP contribution in [-0.4, -0.2) is 21.2 Å². The third-order valence-corrected chi connectivity index (χ3v) is 3.31. The van der Waals surface area contributed by atoms with E-state index in [9.17, 15) is 0 Å². The number of ether oxygens (including phenoxy) is 1. The summed E-state index contributed by atoms with van der Waals surface area (Å²) in [4.78, 5) is 4.27. The summed E-state index contributed by atoms with van der Waals surface area (Å²) < 4.78 is 7.45. The highest BCUT2D eigenvalue weighted by Crippen LogP contribution is 2.34. The average Bonchev–Trinajstić information content (AvgIpc) is 2.86. The highest BCUT2D eigenvalue weighted by molar-refractivity contribution is 6.31. The zero-order chi connectivity index (χ0) is 14.8. The maximum absolute atomic E-state index is 6.13. The number of benzene rings is 1. The van der Waals surface area contributed by atoms with Gasteiger partial charge in [-0.05, 0) is 36.8 Å². The van der Waals surface area contributed by atoms with Gasteiger partial charge < -0.3 is 10.5 Å². The Morgan fingerprint density at radius 2 is 2.14 bits per heavy atom. The van der Waals surface area contributed by atoms with Crippen molar-refractivity contribution in [2.24, 2.45) is 0 Å². The highest BCUT2D eigenvalue weighted by atomic mass is 35.5. The van der Waals surface area contributed by atoms with Crippen LogP contribution >= 0.6 is 11.6 Å². The molecule has 3 aromatic rings. The lowest BCUT2D eigenvalue weighted by Gasteiger charge is -2.12. The van der Waals surface area contributed by atoms with Gasteiger partial charge in [0.15, 0.2) is 5.65 Å². The van der Waals surface area contributed by atoms with Gasteiger partial charge in [0.05, 0.1) is 6.61 Å². The first-order valence-electron chi connectivity index (χ1n) is 6.72. The summed E-state index contributed by atoms with van der Waals surface area (Å²) >= 11 is 6.13. The fourth-order valence-electron chi connectivity index (χ4n) is 2.18. The van der Waals surface area contributed by atoms with Crippen LogP contribution in [0.25, 0.3) is 16.8 Å². The Labute approximate surface area is 127 Å². The van der Waals surface area contributed by atoms with Gasteiger partial charge >= 0.3 is 0 Å². The molecule has 5 nitrogen and oxygen atoms in total. The Morgan fingerprint density at radius 1 is 1.29 bits per heavy atom. The fourth-order valence-corrected chi connectivity index (χ4v) is 2.36. The van der Waals surface area contributed by atoms with Gasteiger partial charge in [-0.1, -0.05) is 18.5 Å². The Morgan fingerprint density at radius 3 is 2.95 bits per heavy atom. The van der Waals surface area contributed by atoms with Crippen molar-refractivity contribution in [2.75, 3.05) is 12.3 Å². The lowest BCUT2D eigenvalue weighted by Crippen LogP contribution is -1.98. The molecular formula is C15H15ClN4O. The molecule has 0 fully saturated rings. The SMILES string of the molecule is CCCOc1ccc(Cl)cc1-c1cccn2nc(N)nc12.